The van der Waals surface area contributed by atoms with Crippen molar-refractivity contribution in [3.05, 3.63) is 28.7 Å². The molecule has 0 atom stereocenters. The molecule has 4 heteroatoms. The molecule has 2 heterocycles. The summed E-state index contributed by atoms with van der Waals surface area (Å²) in [6.07, 6.45) is 6.90. The number of aryl methyl sites for hydroxylation is 1. The van der Waals surface area contributed by atoms with Crippen LogP contribution in [0, 0.1) is 12.8 Å². The van der Waals surface area contributed by atoms with Crippen LogP contribution in [0.5, 0.6) is 0 Å². The quantitative estimate of drug-likeness (QED) is 0.749. The van der Waals surface area contributed by atoms with Gasteiger partial charge in [0.1, 0.15) is 5.15 Å². The van der Waals surface area contributed by atoms with Crippen LogP contribution in [0.2, 0.25) is 5.15 Å². The fourth-order valence-electron chi connectivity index (χ4n) is 2.18. The monoisotopic (exact) mass is 235 g/mol. The number of fused-ring (bicyclic) bond motifs is 1. The maximum absolute atomic E-state index is 6.18. The van der Waals surface area contributed by atoms with Gasteiger partial charge in [-0.25, -0.2) is 9.50 Å². The van der Waals surface area contributed by atoms with Crippen molar-refractivity contribution in [1.29, 1.82) is 0 Å². The van der Waals surface area contributed by atoms with Crippen LogP contribution in [0.3, 0.4) is 0 Å². The predicted octanol–water partition coefficient (Wildman–Crippen LogP) is 3.03. The molecule has 1 saturated carbocycles. The molecule has 0 aliphatic heterocycles. The molecule has 1 fully saturated rings. The van der Waals surface area contributed by atoms with Crippen molar-refractivity contribution in [2.75, 3.05) is 0 Å². The third kappa shape index (κ3) is 1.59. The Labute approximate surface area is 99.4 Å². The number of nitrogens with zero attached hydrogens (tertiary/aromatic N) is 3. The highest BCUT2D eigenvalue weighted by atomic mass is 35.5. The molecule has 1 aliphatic carbocycles. The van der Waals surface area contributed by atoms with Gasteiger partial charge in [-0.05, 0) is 25.3 Å². The van der Waals surface area contributed by atoms with Crippen LogP contribution in [-0.4, -0.2) is 14.6 Å². The highest BCUT2D eigenvalue weighted by Crippen LogP contribution is 2.30. The van der Waals surface area contributed by atoms with Gasteiger partial charge in [0.25, 0.3) is 0 Å². The van der Waals surface area contributed by atoms with Crippen molar-refractivity contribution in [3.63, 3.8) is 0 Å². The first-order valence-electron chi connectivity index (χ1n) is 5.74. The third-order valence-electron chi connectivity index (χ3n) is 3.38. The van der Waals surface area contributed by atoms with E-state index in [0.29, 0.717) is 5.15 Å². The average molecular weight is 236 g/mol. The van der Waals surface area contributed by atoms with Crippen molar-refractivity contribution in [2.24, 2.45) is 5.92 Å². The van der Waals surface area contributed by atoms with Gasteiger partial charge in [-0.3, -0.25) is 0 Å². The summed E-state index contributed by atoms with van der Waals surface area (Å²) in [6.45, 7) is 2.01. The topological polar surface area (TPSA) is 30.2 Å². The molecule has 0 N–H and O–H groups in total. The van der Waals surface area contributed by atoms with Gasteiger partial charge in [0.15, 0.2) is 5.65 Å². The average Bonchev–Trinajstić information content (AvgIpc) is 2.55. The Morgan fingerprint density at radius 1 is 1.50 bits per heavy atom. The van der Waals surface area contributed by atoms with Gasteiger partial charge < -0.3 is 0 Å². The van der Waals surface area contributed by atoms with Crippen molar-refractivity contribution in [3.8, 4) is 0 Å². The fraction of sp³-hybridized carbons (Fsp3) is 0.500. The van der Waals surface area contributed by atoms with E-state index in [0.717, 1.165) is 29.2 Å². The first-order valence-corrected chi connectivity index (χ1v) is 6.11. The van der Waals surface area contributed by atoms with Crippen molar-refractivity contribution in [1.82, 2.24) is 14.6 Å². The largest absolute Gasteiger partial charge is 0.233 e. The SMILES string of the molecule is Cc1cnn2c(Cl)cc(CC3CCC3)nc12. The van der Waals surface area contributed by atoms with Crippen molar-refractivity contribution in [2.45, 2.75) is 32.6 Å². The number of hydrogen-bond donors (Lipinski definition) is 0. The Kier molecular flexibility index (Phi) is 2.36. The molecule has 0 spiro atoms. The number of rotatable bonds is 2. The van der Waals surface area contributed by atoms with Crippen LogP contribution in [-0.2, 0) is 6.42 Å². The van der Waals surface area contributed by atoms with Crippen molar-refractivity contribution < 1.29 is 0 Å². The molecule has 0 radical (unpaired) electrons. The molecule has 84 valence electrons. The van der Waals surface area contributed by atoms with Crippen LogP contribution >= 0.6 is 11.6 Å². The Hall–Kier alpha value is -1.09. The minimum atomic E-state index is 0.660. The fourth-order valence-corrected chi connectivity index (χ4v) is 2.43. The lowest BCUT2D eigenvalue weighted by Crippen LogP contribution is -2.15. The first-order chi connectivity index (χ1) is 7.74. The van der Waals surface area contributed by atoms with Crippen LogP contribution in [0.25, 0.3) is 5.65 Å². The van der Waals surface area contributed by atoms with Crippen LogP contribution in [0.4, 0.5) is 0 Å². The Balaban J connectivity index is 2.01. The zero-order chi connectivity index (χ0) is 11.1. The molecule has 0 unspecified atom stereocenters. The lowest BCUT2D eigenvalue weighted by Gasteiger charge is -2.24. The van der Waals surface area contributed by atoms with E-state index in [4.69, 9.17) is 11.6 Å². The summed E-state index contributed by atoms with van der Waals surface area (Å²) in [5.74, 6) is 0.814. The summed E-state index contributed by atoms with van der Waals surface area (Å²) in [5, 5.41) is 4.85. The molecular formula is C12H14ClN3. The molecule has 3 nitrogen and oxygen atoms in total. The summed E-state index contributed by atoms with van der Waals surface area (Å²) in [4.78, 5) is 4.63. The van der Waals surface area contributed by atoms with E-state index < -0.39 is 0 Å². The minimum absolute atomic E-state index is 0.660. The molecule has 0 saturated heterocycles. The minimum Gasteiger partial charge on any atom is -0.233 e. The van der Waals surface area contributed by atoms with E-state index in [9.17, 15) is 0 Å². The first kappa shape index (κ1) is 10.1. The standard InChI is InChI=1S/C12H14ClN3/c1-8-7-14-16-11(13)6-10(15-12(8)16)5-9-3-2-4-9/h6-7,9H,2-5H2,1H3. The second-order valence-corrected chi connectivity index (χ2v) is 5.02. The van der Waals surface area contributed by atoms with Gasteiger partial charge in [0.05, 0.1) is 6.20 Å². The van der Waals surface area contributed by atoms with E-state index in [1.54, 1.807) is 10.7 Å². The van der Waals surface area contributed by atoms with E-state index in [1.807, 2.05) is 13.0 Å². The van der Waals surface area contributed by atoms with Crippen LogP contribution < -0.4 is 0 Å². The zero-order valence-electron chi connectivity index (χ0n) is 9.28. The molecule has 1 aliphatic rings. The summed E-state index contributed by atoms with van der Waals surface area (Å²) in [6, 6.07) is 1.94. The van der Waals surface area contributed by atoms with Gasteiger partial charge in [0.2, 0.25) is 0 Å². The van der Waals surface area contributed by atoms with E-state index in [-0.39, 0.29) is 0 Å². The molecular weight excluding hydrogens is 222 g/mol. The molecule has 0 aromatic carbocycles. The van der Waals surface area contributed by atoms with Gasteiger partial charge in [-0.2, -0.15) is 5.10 Å². The van der Waals surface area contributed by atoms with Gasteiger partial charge in [-0.1, -0.05) is 30.9 Å². The number of halogens is 1. The summed E-state index contributed by atoms with van der Waals surface area (Å²) < 4.78 is 1.70. The van der Waals surface area contributed by atoms with E-state index in [2.05, 4.69) is 10.1 Å². The maximum atomic E-state index is 6.18. The molecule has 2 aromatic rings. The van der Waals surface area contributed by atoms with Gasteiger partial charge in [-0.15, -0.1) is 0 Å². The lowest BCUT2D eigenvalue weighted by molar-refractivity contribution is 0.312. The van der Waals surface area contributed by atoms with Crippen LogP contribution in [0.1, 0.15) is 30.5 Å². The highest BCUT2D eigenvalue weighted by molar-refractivity contribution is 6.29. The maximum Gasteiger partial charge on any atom is 0.159 e. The Bertz CT molecular complexity index is 528. The van der Waals surface area contributed by atoms with Gasteiger partial charge in [0, 0.05) is 11.3 Å². The molecule has 0 bridgehead atoms. The Morgan fingerprint density at radius 2 is 2.31 bits per heavy atom. The van der Waals surface area contributed by atoms with Crippen LogP contribution in [0.15, 0.2) is 12.3 Å². The van der Waals surface area contributed by atoms with Crippen molar-refractivity contribution >= 4 is 17.2 Å². The lowest BCUT2D eigenvalue weighted by atomic mass is 9.82. The second-order valence-electron chi connectivity index (χ2n) is 4.63. The van der Waals surface area contributed by atoms with E-state index >= 15 is 0 Å². The smallest absolute Gasteiger partial charge is 0.159 e. The summed E-state index contributed by atoms with van der Waals surface area (Å²) in [7, 11) is 0. The van der Waals surface area contributed by atoms with Gasteiger partial charge >= 0.3 is 0 Å². The third-order valence-corrected chi connectivity index (χ3v) is 3.65. The number of hydrogen-bond acceptors (Lipinski definition) is 2. The summed E-state index contributed by atoms with van der Waals surface area (Å²) in [5.41, 5.74) is 3.07. The molecule has 0 amide bonds. The zero-order valence-corrected chi connectivity index (χ0v) is 10.0. The van der Waals surface area contributed by atoms with E-state index in [1.165, 1.54) is 19.3 Å². The predicted molar refractivity (Wildman–Crippen MR) is 63.8 cm³/mol. The second kappa shape index (κ2) is 3.74. The summed E-state index contributed by atoms with van der Waals surface area (Å²) >= 11 is 6.18. The molecule has 16 heavy (non-hydrogen) atoms. The molecule has 3 rings (SSSR count). The number of aromatic nitrogens is 3. The molecule has 2 aromatic heterocycles. The Morgan fingerprint density at radius 3 is 3.00 bits per heavy atom. The normalized spacial score (nSPS) is 16.6. The highest BCUT2D eigenvalue weighted by Gasteiger charge is 2.19.